The first kappa shape index (κ1) is 13.8. The van der Waals surface area contributed by atoms with Crippen molar-refractivity contribution in [3.63, 3.8) is 0 Å². The fourth-order valence-corrected chi connectivity index (χ4v) is 2.14. The molecule has 0 aliphatic carbocycles. The first-order chi connectivity index (χ1) is 8.97. The van der Waals surface area contributed by atoms with Crippen molar-refractivity contribution in [1.82, 2.24) is 0 Å². The zero-order chi connectivity index (χ0) is 14.0. The number of benzene rings is 2. The largest absolute Gasteiger partial charge is 0.294 e. The monoisotopic (exact) mass is 328 g/mol. The predicted octanol–water partition coefficient (Wildman–Crippen LogP) is 4.29. The Balaban J connectivity index is 2.28. The minimum atomic E-state index is -1.05. The van der Waals surface area contributed by atoms with Crippen molar-refractivity contribution in [3.8, 4) is 0 Å². The molecule has 0 spiro atoms. The highest BCUT2D eigenvalue weighted by Crippen LogP contribution is 2.18. The van der Waals surface area contributed by atoms with Gasteiger partial charge in [-0.15, -0.1) is 0 Å². The maximum absolute atomic E-state index is 13.4. The van der Waals surface area contributed by atoms with Crippen LogP contribution in [-0.4, -0.2) is 5.78 Å². The molecule has 0 heterocycles. The molecular formula is C14H8BrF3O. The molecule has 1 nitrogen and oxygen atoms in total. The SMILES string of the molecule is O=C(Cc1cccc(F)c1F)c1cc(F)cc(Br)c1. The number of hydrogen-bond donors (Lipinski definition) is 0. The number of ketones is 1. The molecule has 0 unspecified atom stereocenters. The second-order valence-corrected chi connectivity index (χ2v) is 4.89. The molecule has 0 aliphatic heterocycles. The molecule has 0 saturated heterocycles. The van der Waals surface area contributed by atoms with Gasteiger partial charge in [0.2, 0.25) is 0 Å². The van der Waals surface area contributed by atoms with Gasteiger partial charge in [-0.05, 0) is 29.8 Å². The molecule has 0 N–H and O–H groups in total. The normalized spacial score (nSPS) is 10.5. The lowest BCUT2D eigenvalue weighted by Gasteiger charge is -2.04. The van der Waals surface area contributed by atoms with E-state index in [1.165, 1.54) is 24.3 Å². The van der Waals surface area contributed by atoms with E-state index in [2.05, 4.69) is 15.9 Å². The van der Waals surface area contributed by atoms with Gasteiger partial charge in [-0.25, -0.2) is 13.2 Å². The maximum Gasteiger partial charge on any atom is 0.167 e. The van der Waals surface area contributed by atoms with Crippen LogP contribution >= 0.6 is 15.9 Å². The number of carbonyl (C=O) groups excluding carboxylic acids is 1. The summed E-state index contributed by atoms with van der Waals surface area (Å²) in [6.45, 7) is 0. The number of Topliss-reactive ketones (excluding diaryl/α,β-unsaturated/α-hetero) is 1. The van der Waals surface area contributed by atoms with Gasteiger partial charge in [0.05, 0.1) is 0 Å². The lowest BCUT2D eigenvalue weighted by Crippen LogP contribution is -2.06. The Hall–Kier alpha value is -1.62. The van der Waals surface area contributed by atoms with Crippen LogP contribution < -0.4 is 0 Å². The second kappa shape index (κ2) is 5.57. The van der Waals surface area contributed by atoms with Gasteiger partial charge in [-0.1, -0.05) is 28.1 Å². The second-order valence-electron chi connectivity index (χ2n) is 3.97. The Labute approximate surface area is 116 Å². The third kappa shape index (κ3) is 3.23. The molecule has 0 aliphatic rings. The predicted molar refractivity (Wildman–Crippen MR) is 68.5 cm³/mol. The molecule has 2 aromatic rings. The first-order valence-electron chi connectivity index (χ1n) is 5.39. The zero-order valence-electron chi connectivity index (χ0n) is 9.59. The molecule has 5 heteroatoms. The van der Waals surface area contributed by atoms with E-state index in [4.69, 9.17) is 0 Å². The summed E-state index contributed by atoms with van der Waals surface area (Å²) in [7, 11) is 0. The van der Waals surface area contributed by atoms with Crippen LogP contribution in [0.4, 0.5) is 13.2 Å². The molecule has 0 aromatic heterocycles. The summed E-state index contributed by atoms with van der Waals surface area (Å²) in [5.41, 5.74) is 0.0564. The zero-order valence-corrected chi connectivity index (χ0v) is 11.2. The van der Waals surface area contributed by atoms with E-state index in [0.29, 0.717) is 4.47 Å². The molecule has 2 aromatic carbocycles. The van der Waals surface area contributed by atoms with Gasteiger partial charge in [0.25, 0.3) is 0 Å². The van der Waals surface area contributed by atoms with Crippen molar-refractivity contribution in [2.24, 2.45) is 0 Å². The molecule has 98 valence electrons. The number of carbonyl (C=O) groups is 1. The van der Waals surface area contributed by atoms with Crippen LogP contribution in [0, 0.1) is 17.5 Å². The lowest BCUT2D eigenvalue weighted by atomic mass is 10.0. The van der Waals surface area contributed by atoms with E-state index >= 15 is 0 Å². The van der Waals surface area contributed by atoms with Crippen molar-refractivity contribution in [2.45, 2.75) is 6.42 Å². The Morgan fingerprint density at radius 1 is 1.11 bits per heavy atom. The van der Waals surface area contributed by atoms with Gasteiger partial charge in [0.1, 0.15) is 5.82 Å². The Morgan fingerprint density at radius 3 is 2.53 bits per heavy atom. The van der Waals surface area contributed by atoms with Crippen LogP contribution in [0.1, 0.15) is 15.9 Å². The maximum atomic E-state index is 13.4. The molecule has 19 heavy (non-hydrogen) atoms. The van der Waals surface area contributed by atoms with Crippen LogP contribution in [0.2, 0.25) is 0 Å². The number of hydrogen-bond acceptors (Lipinski definition) is 1. The molecule has 0 amide bonds. The van der Waals surface area contributed by atoms with Gasteiger partial charge in [0.15, 0.2) is 17.4 Å². The Bertz CT molecular complexity index is 620. The first-order valence-corrected chi connectivity index (χ1v) is 6.19. The highest BCUT2D eigenvalue weighted by molar-refractivity contribution is 9.10. The van der Waals surface area contributed by atoms with E-state index < -0.39 is 23.2 Å². The average Bonchev–Trinajstić information content (AvgIpc) is 2.33. The highest BCUT2D eigenvalue weighted by Gasteiger charge is 2.14. The van der Waals surface area contributed by atoms with Crippen LogP contribution in [0.3, 0.4) is 0 Å². The quantitative estimate of drug-likeness (QED) is 0.768. The Morgan fingerprint density at radius 2 is 1.84 bits per heavy atom. The molecule has 0 fully saturated rings. The van der Waals surface area contributed by atoms with Crippen molar-refractivity contribution < 1.29 is 18.0 Å². The molecule has 0 radical (unpaired) electrons. The summed E-state index contributed by atoms with van der Waals surface area (Å²) in [6.07, 6.45) is -0.320. The van der Waals surface area contributed by atoms with Crippen molar-refractivity contribution in [2.75, 3.05) is 0 Å². The minimum Gasteiger partial charge on any atom is -0.294 e. The van der Waals surface area contributed by atoms with E-state index in [9.17, 15) is 18.0 Å². The van der Waals surface area contributed by atoms with Gasteiger partial charge in [-0.3, -0.25) is 4.79 Å². The van der Waals surface area contributed by atoms with Crippen molar-refractivity contribution in [3.05, 3.63) is 69.4 Å². The van der Waals surface area contributed by atoms with Gasteiger partial charge in [0, 0.05) is 16.5 Å². The summed E-state index contributed by atoms with van der Waals surface area (Å²) >= 11 is 3.07. The van der Waals surface area contributed by atoms with Crippen molar-refractivity contribution in [1.29, 1.82) is 0 Å². The van der Waals surface area contributed by atoms with E-state index in [1.807, 2.05) is 0 Å². The summed E-state index contributed by atoms with van der Waals surface area (Å²) in [5, 5.41) is 0. The molecule has 0 atom stereocenters. The summed E-state index contributed by atoms with van der Waals surface area (Å²) in [5.74, 6) is -3.11. The van der Waals surface area contributed by atoms with E-state index in [1.54, 1.807) is 0 Å². The number of halogens is 4. The van der Waals surface area contributed by atoms with Gasteiger partial charge < -0.3 is 0 Å². The lowest BCUT2D eigenvalue weighted by molar-refractivity contribution is 0.0991. The smallest absolute Gasteiger partial charge is 0.167 e. The van der Waals surface area contributed by atoms with Gasteiger partial charge in [-0.2, -0.15) is 0 Å². The van der Waals surface area contributed by atoms with E-state index in [-0.39, 0.29) is 17.5 Å². The molecule has 0 bridgehead atoms. The fraction of sp³-hybridized carbons (Fsp3) is 0.0714. The van der Waals surface area contributed by atoms with Gasteiger partial charge >= 0.3 is 0 Å². The van der Waals surface area contributed by atoms with Crippen LogP contribution in [0.15, 0.2) is 40.9 Å². The minimum absolute atomic E-state index is 0.0506. The Kier molecular flexibility index (Phi) is 4.04. The third-order valence-electron chi connectivity index (χ3n) is 2.57. The van der Waals surface area contributed by atoms with Crippen LogP contribution in [0.25, 0.3) is 0 Å². The summed E-state index contributed by atoms with van der Waals surface area (Å²) in [4.78, 5) is 11.9. The van der Waals surface area contributed by atoms with Crippen LogP contribution in [-0.2, 0) is 6.42 Å². The molecular weight excluding hydrogens is 321 g/mol. The summed E-state index contributed by atoms with van der Waals surface area (Å²) in [6, 6.07) is 7.32. The molecule has 2 rings (SSSR count). The van der Waals surface area contributed by atoms with Crippen LogP contribution in [0.5, 0.6) is 0 Å². The standard InChI is InChI=1S/C14H8BrF3O/c15-10-4-9(5-11(16)7-10)13(19)6-8-2-1-3-12(17)14(8)18/h1-5,7H,6H2. The third-order valence-corrected chi connectivity index (χ3v) is 3.02. The highest BCUT2D eigenvalue weighted by atomic mass is 79.9. The fourth-order valence-electron chi connectivity index (χ4n) is 1.67. The number of rotatable bonds is 3. The van der Waals surface area contributed by atoms with Crippen molar-refractivity contribution >= 4 is 21.7 Å². The van der Waals surface area contributed by atoms with E-state index in [0.717, 1.165) is 12.1 Å². The average molecular weight is 329 g/mol. The molecule has 0 saturated carbocycles. The topological polar surface area (TPSA) is 17.1 Å². The summed E-state index contributed by atoms with van der Waals surface area (Å²) < 4.78 is 40.0.